The van der Waals surface area contributed by atoms with Crippen LogP contribution in [0, 0.1) is 0 Å². The summed E-state index contributed by atoms with van der Waals surface area (Å²) >= 11 is 5.62. The Morgan fingerprint density at radius 2 is 1.91 bits per heavy atom. The van der Waals surface area contributed by atoms with Crippen LogP contribution < -0.4 is 10.2 Å². The van der Waals surface area contributed by atoms with E-state index < -0.39 is 0 Å². The summed E-state index contributed by atoms with van der Waals surface area (Å²) in [7, 11) is 0. The summed E-state index contributed by atoms with van der Waals surface area (Å²) in [4.78, 5) is 25.6. The van der Waals surface area contributed by atoms with Crippen LogP contribution >= 0.6 is 11.6 Å². The number of amides is 2. The van der Waals surface area contributed by atoms with Gasteiger partial charge in [-0.1, -0.05) is 18.2 Å². The quantitative estimate of drug-likeness (QED) is 0.885. The van der Waals surface area contributed by atoms with Crippen LogP contribution in [0.4, 0.5) is 11.4 Å². The molecule has 1 aliphatic heterocycles. The minimum atomic E-state index is -0.146. The Morgan fingerprint density at radius 1 is 1.14 bits per heavy atom. The molecule has 0 bridgehead atoms. The van der Waals surface area contributed by atoms with Gasteiger partial charge in [0.2, 0.25) is 5.91 Å². The fourth-order valence-corrected chi connectivity index (χ4v) is 2.75. The first-order chi connectivity index (χ1) is 10.7. The molecule has 0 radical (unpaired) electrons. The third kappa shape index (κ3) is 2.83. The number of carbonyl (C=O) groups excluding carboxylic acids is 2. The molecule has 1 aliphatic rings. The summed E-state index contributed by atoms with van der Waals surface area (Å²) in [5, 5.41) is 2.88. The molecule has 0 atom stereocenters. The van der Waals surface area contributed by atoms with Gasteiger partial charge in [-0.2, -0.15) is 0 Å². The molecule has 1 heterocycles. The van der Waals surface area contributed by atoms with Crippen molar-refractivity contribution in [1.29, 1.82) is 0 Å². The first kappa shape index (κ1) is 14.6. The molecule has 3 rings (SSSR count). The fraction of sp³-hybridized carbons (Fsp3) is 0.176. The summed E-state index contributed by atoms with van der Waals surface area (Å²) in [5.41, 5.74) is 3.27. The van der Waals surface area contributed by atoms with Crippen molar-refractivity contribution in [2.45, 2.75) is 6.42 Å². The maximum atomic E-state index is 12.1. The molecule has 0 spiro atoms. The van der Waals surface area contributed by atoms with Crippen LogP contribution in [0.15, 0.2) is 48.5 Å². The average molecular weight is 315 g/mol. The van der Waals surface area contributed by atoms with Gasteiger partial charge < -0.3 is 10.2 Å². The number of nitrogens with one attached hydrogen (secondary N) is 1. The van der Waals surface area contributed by atoms with E-state index in [1.54, 1.807) is 23.1 Å². The van der Waals surface area contributed by atoms with E-state index in [4.69, 9.17) is 11.6 Å². The lowest BCUT2D eigenvalue weighted by Gasteiger charge is -2.16. The van der Waals surface area contributed by atoms with E-state index in [0.717, 1.165) is 23.4 Å². The molecule has 22 heavy (non-hydrogen) atoms. The van der Waals surface area contributed by atoms with Crippen LogP contribution in [0.5, 0.6) is 0 Å². The zero-order chi connectivity index (χ0) is 15.5. The summed E-state index contributed by atoms with van der Waals surface area (Å²) in [6, 6.07) is 14.6. The molecular formula is C17H15ClN2O2. The highest BCUT2D eigenvalue weighted by molar-refractivity contribution is 6.29. The number of benzene rings is 2. The minimum absolute atomic E-state index is 0.0219. The Hall–Kier alpha value is -2.33. The Labute approximate surface area is 133 Å². The van der Waals surface area contributed by atoms with E-state index in [1.165, 1.54) is 0 Å². The van der Waals surface area contributed by atoms with Gasteiger partial charge in [-0.25, -0.2) is 0 Å². The van der Waals surface area contributed by atoms with Crippen LogP contribution in [-0.4, -0.2) is 24.2 Å². The third-order valence-electron chi connectivity index (χ3n) is 3.68. The van der Waals surface area contributed by atoms with E-state index in [0.29, 0.717) is 12.1 Å². The number of hydrogen-bond acceptors (Lipinski definition) is 2. The standard InChI is InChI=1S/C17H15ClN2O2/c18-11-16(21)20-9-8-13-10-14(6-7-15(13)20)19-17(22)12-4-2-1-3-5-12/h1-7,10H,8-9,11H2,(H,19,22). The van der Waals surface area contributed by atoms with Crippen LogP contribution in [-0.2, 0) is 11.2 Å². The van der Waals surface area contributed by atoms with Gasteiger partial charge in [-0.15, -0.1) is 11.6 Å². The van der Waals surface area contributed by atoms with E-state index in [1.807, 2.05) is 30.3 Å². The number of nitrogens with zero attached hydrogens (tertiary/aromatic N) is 1. The van der Waals surface area contributed by atoms with Gasteiger partial charge in [-0.05, 0) is 42.3 Å². The molecule has 0 saturated heterocycles. The Morgan fingerprint density at radius 3 is 2.64 bits per heavy atom. The lowest BCUT2D eigenvalue weighted by Crippen LogP contribution is -2.29. The van der Waals surface area contributed by atoms with Crippen molar-refractivity contribution in [1.82, 2.24) is 0 Å². The van der Waals surface area contributed by atoms with Crippen LogP contribution in [0.25, 0.3) is 0 Å². The van der Waals surface area contributed by atoms with Gasteiger partial charge in [0.15, 0.2) is 0 Å². The number of hydrogen-bond donors (Lipinski definition) is 1. The van der Waals surface area contributed by atoms with Gasteiger partial charge in [-0.3, -0.25) is 9.59 Å². The summed E-state index contributed by atoms with van der Waals surface area (Å²) in [6.07, 6.45) is 0.771. The first-order valence-electron chi connectivity index (χ1n) is 7.04. The number of anilines is 2. The van der Waals surface area contributed by atoms with Crippen molar-refractivity contribution in [3.8, 4) is 0 Å². The van der Waals surface area contributed by atoms with Crippen molar-refractivity contribution in [3.63, 3.8) is 0 Å². The molecule has 4 nitrogen and oxygen atoms in total. The monoisotopic (exact) mass is 314 g/mol. The Kier molecular flexibility index (Phi) is 4.11. The molecule has 112 valence electrons. The third-order valence-corrected chi connectivity index (χ3v) is 3.91. The largest absolute Gasteiger partial charge is 0.322 e. The zero-order valence-corrected chi connectivity index (χ0v) is 12.6. The zero-order valence-electron chi connectivity index (χ0n) is 11.9. The molecule has 0 saturated carbocycles. The highest BCUT2D eigenvalue weighted by Crippen LogP contribution is 2.30. The van der Waals surface area contributed by atoms with Crippen molar-refractivity contribution >= 4 is 34.8 Å². The molecule has 1 N–H and O–H groups in total. The second-order valence-electron chi connectivity index (χ2n) is 5.09. The van der Waals surface area contributed by atoms with E-state index in [-0.39, 0.29) is 17.7 Å². The second-order valence-corrected chi connectivity index (χ2v) is 5.36. The van der Waals surface area contributed by atoms with Crippen LogP contribution in [0.2, 0.25) is 0 Å². The number of rotatable bonds is 3. The number of carbonyl (C=O) groups is 2. The molecule has 5 heteroatoms. The number of fused-ring (bicyclic) bond motifs is 1. The smallest absolute Gasteiger partial charge is 0.255 e. The normalized spacial score (nSPS) is 12.9. The molecule has 0 aliphatic carbocycles. The second kappa shape index (κ2) is 6.20. The van der Waals surface area contributed by atoms with Crippen molar-refractivity contribution in [3.05, 3.63) is 59.7 Å². The molecular weight excluding hydrogens is 300 g/mol. The van der Waals surface area contributed by atoms with E-state index >= 15 is 0 Å². The topological polar surface area (TPSA) is 49.4 Å². The minimum Gasteiger partial charge on any atom is -0.322 e. The molecule has 0 fully saturated rings. The van der Waals surface area contributed by atoms with Gasteiger partial charge in [0.1, 0.15) is 5.88 Å². The van der Waals surface area contributed by atoms with Crippen molar-refractivity contribution in [2.24, 2.45) is 0 Å². The predicted molar refractivity (Wildman–Crippen MR) is 87.6 cm³/mol. The summed E-state index contributed by atoms with van der Waals surface area (Å²) in [6.45, 7) is 0.636. The average Bonchev–Trinajstić information content (AvgIpc) is 2.98. The number of alkyl halides is 1. The lowest BCUT2D eigenvalue weighted by atomic mass is 10.1. The molecule has 0 unspecified atom stereocenters. The van der Waals surface area contributed by atoms with Gasteiger partial charge in [0.05, 0.1) is 0 Å². The summed E-state index contributed by atoms with van der Waals surface area (Å²) in [5.74, 6) is -0.264. The maximum absolute atomic E-state index is 12.1. The highest BCUT2D eigenvalue weighted by atomic mass is 35.5. The summed E-state index contributed by atoms with van der Waals surface area (Å²) < 4.78 is 0. The first-order valence-corrected chi connectivity index (χ1v) is 7.58. The SMILES string of the molecule is O=C(Nc1ccc2c(c1)CCN2C(=O)CCl)c1ccccc1. The predicted octanol–water partition coefficient (Wildman–Crippen LogP) is 3.07. The van der Waals surface area contributed by atoms with Gasteiger partial charge in [0, 0.05) is 23.5 Å². The van der Waals surface area contributed by atoms with Gasteiger partial charge >= 0.3 is 0 Å². The van der Waals surface area contributed by atoms with E-state index in [9.17, 15) is 9.59 Å². The molecule has 2 aromatic carbocycles. The lowest BCUT2D eigenvalue weighted by molar-refractivity contribution is -0.116. The van der Waals surface area contributed by atoms with Crippen molar-refractivity contribution < 1.29 is 9.59 Å². The highest BCUT2D eigenvalue weighted by Gasteiger charge is 2.24. The number of halogens is 1. The molecule has 2 aromatic rings. The van der Waals surface area contributed by atoms with E-state index in [2.05, 4.69) is 5.32 Å². The Balaban J connectivity index is 1.78. The van der Waals surface area contributed by atoms with Crippen molar-refractivity contribution in [2.75, 3.05) is 22.6 Å². The van der Waals surface area contributed by atoms with Crippen LogP contribution in [0.1, 0.15) is 15.9 Å². The van der Waals surface area contributed by atoms with Crippen LogP contribution in [0.3, 0.4) is 0 Å². The van der Waals surface area contributed by atoms with Gasteiger partial charge in [0.25, 0.3) is 5.91 Å². The fourth-order valence-electron chi connectivity index (χ4n) is 2.60. The molecule has 0 aromatic heterocycles. The maximum Gasteiger partial charge on any atom is 0.255 e. The molecule has 2 amide bonds. The Bertz CT molecular complexity index is 716.